The largest absolute Gasteiger partial charge is 0.378 e. The Labute approximate surface area is 182 Å². The second kappa shape index (κ2) is 9.78. The average molecular weight is 452 g/mol. The minimum absolute atomic E-state index is 0.137. The molecule has 3 rings (SSSR count). The molecular formula is C21H26ClN3O4S. The predicted molar refractivity (Wildman–Crippen MR) is 119 cm³/mol. The molecule has 0 aromatic heterocycles. The van der Waals surface area contributed by atoms with Gasteiger partial charge in [0.1, 0.15) is 0 Å². The number of amides is 1. The van der Waals surface area contributed by atoms with Gasteiger partial charge in [0.2, 0.25) is 10.0 Å². The molecule has 0 saturated carbocycles. The Kier molecular flexibility index (Phi) is 7.36. The molecule has 1 saturated heterocycles. The highest BCUT2D eigenvalue weighted by Crippen LogP contribution is 2.31. The van der Waals surface area contributed by atoms with E-state index >= 15 is 0 Å². The van der Waals surface area contributed by atoms with Crippen LogP contribution in [0.4, 0.5) is 11.4 Å². The smallest absolute Gasteiger partial charge is 0.257 e. The van der Waals surface area contributed by atoms with Gasteiger partial charge in [-0.15, -0.1) is 0 Å². The highest BCUT2D eigenvalue weighted by Gasteiger charge is 2.25. The van der Waals surface area contributed by atoms with Gasteiger partial charge in [0.05, 0.1) is 40.1 Å². The predicted octanol–water partition coefficient (Wildman–Crippen LogP) is 3.46. The fourth-order valence-corrected chi connectivity index (χ4v) is 5.11. The number of rotatable bonds is 7. The van der Waals surface area contributed by atoms with Crippen molar-refractivity contribution >= 4 is 38.9 Å². The molecule has 7 nitrogen and oxygen atoms in total. The average Bonchev–Trinajstić information content (AvgIpc) is 2.75. The third kappa shape index (κ3) is 4.78. The summed E-state index contributed by atoms with van der Waals surface area (Å²) in [5.41, 5.74) is 1.50. The first kappa shape index (κ1) is 22.6. The maximum atomic E-state index is 13.0. The van der Waals surface area contributed by atoms with Crippen LogP contribution in [0.5, 0.6) is 0 Å². The Morgan fingerprint density at radius 3 is 2.43 bits per heavy atom. The molecule has 0 aliphatic carbocycles. The van der Waals surface area contributed by atoms with Gasteiger partial charge in [0, 0.05) is 26.2 Å². The number of sulfonamides is 1. The first-order chi connectivity index (χ1) is 14.4. The van der Waals surface area contributed by atoms with Crippen molar-refractivity contribution in [3.05, 3.63) is 53.1 Å². The van der Waals surface area contributed by atoms with Crippen molar-refractivity contribution in [2.45, 2.75) is 18.7 Å². The summed E-state index contributed by atoms with van der Waals surface area (Å²) in [6.07, 6.45) is 0. The van der Waals surface area contributed by atoms with Gasteiger partial charge in [0.15, 0.2) is 0 Å². The first-order valence-electron chi connectivity index (χ1n) is 9.91. The van der Waals surface area contributed by atoms with Gasteiger partial charge in [-0.25, -0.2) is 8.42 Å². The van der Waals surface area contributed by atoms with E-state index in [1.807, 2.05) is 0 Å². The summed E-state index contributed by atoms with van der Waals surface area (Å²) in [4.78, 5) is 15.1. The first-order valence-corrected chi connectivity index (χ1v) is 11.7. The fourth-order valence-electron chi connectivity index (χ4n) is 3.40. The summed E-state index contributed by atoms with van der Waals surface area (Å²) in [5, 5.41) is 3.19. The van der Waals surface area contributed by atoms with Crippen molar-refractivity contribution in [2.24, 2.45) is 0 Å². The van der Waals surface area contributed by atoms with E-state index in [0.29, 0.717) is 55.7 Å². The lowest BCUT2D eigenvalue weighted by atomic mass is 10.2. The Bertz CT molecular complexity index is 1000. The highest BCUT2D eigenvalue weighted by atomic mass is 35.5. The number of halogens is 1. The van der Waals surface area contributed by atoms with E-state index < -0.39 is 15.9 Å². The van der Waals surface area contributed by atoms with E-state index in [9.17, 15) is 13.2 Å². The standard InChI is InChI=1S/C21H26ClN3O4S/c1-3-25(4-2)30(27,28)16-9-10-20(24-11-13-29-14-12-24)19(15-16)23-21(26)17-7-5-6-8-18(17)22/h5-10,15H,3-4,11-14H2,1-2H3,(H,23,26). The zero-order chi connectivity index (χ0) is 21.7. The monoisotopic (exact) mass is 451 g/mol. The number of hydrogen-bond donors (Lipinski definition) is 1. The minimum atomic E-state index is -3.67. The Hall–Kier alpha value is -2.13. The van der Waals surface area contributed by atoms with E-state index in [0.717, 1.165) is 5.69 Å². The Morgan fingerprint density at radius 1 is 1.13 bits per heavy atom. The molecule has 0 atom stereocenters. The number of carbonyl (C=O) groups is 1. The van der Waals surface area contributed by atoms with Crippen molar-refractivity contribution in [3.63, 3.8) is 0 Å². The van der Waals surface area contributed by atoms with Gasteiger partial charge >= 0.3 is 0 Å². The van der Waals surface area contributed by atoms with E-state index in [1.165, 1.54) is 10.4 Å². The van der Waals surface area contributed by atoms with Crippen LogP contribution in [0.3, 0.4) is 0 Å². The molecule has 0 bridgehead atoms. The maximum absolute atomic E-state index is 13.0. The van der Waals surface area contributed by atoms with Gasteiger partial charge in [-0.2, -0.15) is 4.31 Å². The lowest BCUT2D eigenvalue weighted by Gasteiger charge is -2.31. The van der Waals surface area contributed by atoms with Crippen molar-refractivity contribution < 1.29 is 17.9 Å². The summed E-state index contributed by atoms with van der Waals surface area (Å²) < 4.78 is 32.8. The Morgan fingerprint density at radius 2 is 1.80 bits per heavy atom. The lowest BCUT2D eigenvalue weighted by molar-refractivity contribution is 0.102. The van der Waals surface area contributed by atoms with Crippen LogP contribution in [0.15, 0.2) is 47.4 Å². The number of ether oxygens (including phenoxy) is 1. The molecule has 0 spiro atoms. The number of morpholine rings is 1. The third-order valence-corrected chi connectivity index (χ3v) is 7.41. The SMILES string of the molecule is CCN(CC)S(=O)(=O)c1ccc(N2CCOCC2)c(NC(=O)c2ccccc2Cl)c1. The van der Waals surface area contributed by atoms with Crippen molar-refractivity contribution in [1.82, 2.24) is 4.31 Å². The number of carbonyl (C=O) groups excluding carboxylic acids is 1. The van der Waals surface area contributed by atoms with Crippen molar-refractivity contribution in [2.75, 3.05) is 49.6 Å². The minimum Gasteiger partial charge on any atom is -0.378 e. The summed E-state index contributed by atoms with van der Waals surface area (Å²) in [6, 6.07) is 11.6. The fraction of sp³-hybridized carbons (Fsp3) is 0.381. The molecule has 2 aromatic rings. The van der Waals surface area contributed by atoms with Gasteiger partial charge in [-0.3, -0.25) is 4.79 Å². The van der Waals surface area contributed by atoms with E-state index in [2.05, 4.69) is 10.2 Å². The topological polar surface area (TPSA) is 79.0 Å². The molecule has 0 unspecified atom stereocenters. The number of anilines is 2. The molecule has 0 radical (unpaired) electrons. The van der Waals surface area contributed by atoms with Crippen LogP contribution in [0, 0.1) is 0 Å². The molecule has 30 heavy (non-hydrogen) atoms. The van der Waals surface area contributed by atoms with Gasteiger partial charge in [0.25, 0.3) is 5.91 Å². The van der Waals surface area contributed by atoms with E-state index in [4.69, 9.17) is 16.3 Å². The van der Waals surface area contributed by atoms with Gasteiger partial charge < -0.3 is 15.0 Å². The zero-order valence-electron chi connectivity index (χ0n) is 17.1. The second-order valence-electron chi connectivity index (χ2n) is 6.80. The maximum Gasteiger partial charge on any atom is 0.257 e. The second-order valence-corrected chi connectivity index (χ2v) is 9.15. The van der Waals surface area contributed by atoms with E-state index in [1.54, 1.807) is 50.2 Å². The molecule has 1 N–H and O–H groups in total. The summed E-state index contributed by atoms with van der Waals surface area (Å²) in [5.74, 6) is -0.396. The lowest BCUT2D eigenvalue weighted by Crippen LogP contribution is -2.37. The summed E-state index contributed by atoms with van der Waals surface area (Å²) in [7, 11) is -3.67. The third-order valence-electron chi connectivity index (χ3n) is 5.03. The highest BCUT2D eigenvalue weighted by molar-refractivity contribution is 7.89. The van der Waals surface area contributed by atoms with Crippen LogP contribution in [-0.2, 0) is 14.8 Å². The van der Waals surface area contributed by atoms with Gasteiger partial charge in [-0.1, -0.05) is 37.6 Å². The summed E-state index contributed by atoms with van der Waals surface area (Å²) in [6.45, 7) is 6.76. The molecule has 1 heterocycles. The zero-order valence-corrected chi connectivity index (χ0v) is 18.7. The number of hydrogen-bond acceptors (Lipinski definition) is 5. The number of nitrogens with zero attached hydrogens (tertiary/aromatic N) is 2. The normalized spacial score (nSPS) is 14.7. The molecule has 1 fully saturated rings. The quantitative estimate of drug-likeness (QED) is 0.697. The molecule has 9 heteroatoms. The van der Waals surface area contributed by atoms with Crippen molar-refractivity contribution in [3.8, 4) is 0 Å². The molecule has 1 aliphatic heterocycles. The molecular weight excluding hydrogens is 426 g/mol. The van der Waals surface area contributed by atoms with Crippen LogP contribution in [0.2, 0.25) is 5.02 Å². The molecule has 1 amide bonds. The molecule has 2 aromatic carbocycles. The van der Waals surface area contributed by atoms with E-state index in [-0.39, 0.29) is 4.90 Å². The molecule has 1 aliphatic rings. The van der Waals surface area contributed by atoms with Crippen LogP contribution >= 0.6 is 11.6 Å². The Balaban J connectivity index is 2.02. The summed E-state index contributed by atoms with van der Waals surface area (Å²) >= 11 is 6.17. The van der Waals surface area contributed by atoms with Crippen LogP contribution in [-0.4, -0.2) is 58.0 Å². The molecule has 162 valence electrons. The van der Waals surface area contributed by atoms with Crippen LogP contribution in [0.25, 0.3) is 0 Å². The van der Waals surface area contributed by atoms with Crippen LogP contribution < -0.4 is 10.2 Å². The van der Waals surface area contributed by atoms with Crippen molar-refractivity contribution in [1.29, 1.82) is 0 Å². The van der Waals surface area contributed by atoms with Crippen LogP contribution in [0.1, 0.15) is 24.2 Å². The number of nitrogens with one attached hydrogen (secondary N) is 1. The van der Waals surface area contributed by atoms with Gasteiger partial charge in [-0.05, 0) is 30.3 Å². The number of benzene rings is 2.